The molecule has 0 aliphatic rings. The molecule has 0 bridgehead atoms. The zero-order valence-electron chi connectivity index (χ0n) is 11.6. The summed E-state index contributed by atoms with van der Waals surface area (Å²) in [5.74, 6) is 0. The minimum Gasteiger partial charge on any atom is -0.850 e. The molecule has 0 N–H and O–H groups in total. The van der Waals surface area contributed by atoms with E-state index in [1.54, 1.807) is 0 Å². The fourth-order valence-corrected chi connectivity index (χ4v) is 2.69. The van der Waals surface area contributed by atoms with E-state index in [-0.39, 0.29) is 19.0 Å². The highest BCUT2D eigenvalue weighted by Crippen LogP contribution is 2.16. The molecule has 3 heteroatoms. The van der Waals surface area contributed by atoms with Crippen molar-refractivity contribution >= 4 is 12.4 Å². The molecule has 0 aromatic heterocycles. The Bertz CT molecular complexity index is 286. The first kappa shape index (κ1) is 17.4. The van der Waals surface area contributed by atoms with Crippen LogP contribution in [-0.2, 0) is 6.54 Å². The summed E-state index contributed by atoms with van der Waals surface area (Å²) in [5.41, 5.74) is 1.35. The Morgan fingerprint density at radius 3 is 1.94 bits per heavy atom. The summed E-state index contributed by atoms with van der Waals surface area (Å²) in [6, 6.07) is 10.6. The van der Waals surface area contributed by atoms with Gasteiger partial charge in [0, 0.05) is 5.56 Å². The lowest BCUT2D eigenvalue weighted by atomic mass is 10.1. The van der Waals surface area contributed by atoms with Crippen molar-refractivity contribution in [3.8, 4) is 0 Å². The fourth-order valence-electron chi connectivity index (χ4n) is 2.69. The van der Waals surface area contributed by atoms with Crippen LogP contribution in [0.4, 0.5) is 0 Å². The van der Waals surface area contributed by atoms with Crippen LogP contribution in [0, 0.1) is 0 Å². The summed E-state index contributed by atoms with van der Waals surface area (Å²) < 4.78 is 0.959. The minimum absolute atomic E-state index is 0. The second-order valence-corrected chi connectivity index (χ2v) is 4.86. The van der Waals surface area contributed by atoms with Crippen molar-refractivity contribution in [2.24, 2.45) is 0 Å². The van der Waals surface area contributed by atoms with E-state index >= 15 is 0 Å². The van der Waals surface area contributed by atoms with Crippen LogP contribution in [0.3, 0.4) is 0 Å². The Morgan fingerprint density at radius 1 is 0.944 bits per heavy atom. The molecule has 0 amide bonds. The standard InChI is InChI=1S/C15H25NO.ClH/c1-3-10-16(11-4-2,12-13-17)14-15-8-6-5-7-9-15;/h5-9H,3-4,10-14H2,1-2H3;1H. The largest absolute Gasteiger partial charge is 0.850 e. The molecule has 0 saturated heterocycles. The van der Waals surface area contributed by atoms with Crippen molar-refractivity contribution in [2.75, 3.05) is 26.2 Å². The van der Waals surface area contributed by atoms with Gasteiger partial charge in [0.15, 0.2) is 0 Å². The van der Waals surface area contributed by atoms with Gasteiger partial charge in [0.05, 0.1) is 19.6 Å². The van der Waals surface area contributed by atoms with Gasteiger partial charge in [0.25, 0.3) is 0 Å². The second-order valence-electron chi connectivity index (χ2n) is 4.86. The van der Waals surface area contributed by atoms with E-state index in [2.05, 4.69) is 38.1 Å². The normalized spacial score (nSPS) is 11.1. The van der Waals surface area contributed by atoms with E-state index in [0.717, 1.165) is 43.5 Å². The summed E-state index contributed by atoms with van der Waals surface area (Å²) in [7, 11) is 0. The summed E-state index contributed by atoms with van der Waals surface area (Å²) in [4.78, 5) is 0. The third-order valence-corrected chi connectivity index (χ3v) is 3.32. The number of rotatable bonds is 8. The minimum atomic E-state index is 0. The predicted molar refractivity (Wildman–Crippen MR) is 77.7 cm³/mol. The second kappa shape index (κ2) is 9.37. The van der Waals surface area contributed by atoms with E-state index in [1.165, 1.54) is 5.56 Å². The Hall–Kier alpha value is -0.570. The molecule has 0 unspecified atom stereocenters. The number of halogens is 1. The molecule has 0 aliphatic carbocycles. The number of nitrogens with zero attached hydrogens (tertiary/aromatic N) is 1. The number of benzene rings is 1. The van der Waals surface area contributed by atoms with Gasteiger partial charge in [-0.3, -0.25) is 0 Å². The molecular weight excluding hydrogens is 246 g/mol. The zero-order valence-corrected chi connectivity index (χ0v) is 12.4. The lowest BCUT2D eigenvalue weighted by Crippen LogP contribution is -2.51. The van der Waals surface area contributed by atoms with Gasteiger partial charge in [-0.1, -0.05) is 50.8 Å². The Kier molecular flexibility index (Phi) is 9.08. The van der Waals surface area contributed by atoms with Gasteiger partial charge in [-0.2, -0.15) is 0 Å². The van der Waals surface area contributed by atoms with E-state index in [1.807, 2.05) is 6.07 Å². The first-order chi connectivity index (χ1) is 8.26. The van der Waals surface area contributed by atoms with Gasteiger partial charge in [0.1, 0.15) is 6.54 Å². The summed E-state index contributed by atoms with van der Waals surface area (Å²) in [6.07, 6.45) is 2.29. The number of hydrogen-bond acceptors (Lipinski definition) is 1. The lowest BCUT2D eigenvalue weighted by molar-refractivity contribution is -0.945. The van der Waals surface area contributed by atoms with E-state index in [0.29, 0.717) is 0 Å². The molecule has 104 valence electrons. The molecule has 1 aromatic carbocycles. The van der Waals surface area contributed by atoms with Crippen LogP contribution < -0.4 is 5.11 Å². The Morgan fingerprint density at radius 2 is 1.50 bits per heavy atom. The van der Waals surface area contributed by atoms with Crippen LogP contribution >= 0.6 is 12.4 Å². The highest BCUT2D eigenvalue weighted by Gasteiger charge is 2.23. The van der Waals surface area contributed by atoms with Gasteiger partial charge >= 0.3 is 0 Å². The zero-order chi connectivity index (χ0) is 12.6. The molecule has 0 radical (unpaired) electrons. The quantitative estimate of drug-likeness (QED) is 0.667. The van der Waals surface area contributed by atoms with Gasteiger partial charge < -0.3 is 9.59 Å². The topological polar surface area (TPSA) is 23.1 Å². The molecule has 0 atom stereocenters. The van der Waals surface area contributed by atoms with Gasteiger partial charge in [-0.05, 0) is 12.8 Å². The molecule has 0 fully saturated rings. The van der Waals surface area contributed by atoms with Gasteiger partial charge in [0.2, 0.25) is 0 Å². The van der Waals surface area contributed by atoms with Crippen molar-refractivity contribution in [2.45, 2.75) is 33.2 Å². The molecule has 0 heterocycles. The Labute approximate surface area is 118 Å². The van der Waals surface area contributed by atoms with Crippen LogP contribution in [0.15, 0.2) is 30.3 Å². The number of hydrogen-bond donors (Lipinski definition) is 0. The maximum Gasteiger partial charge on any atom is 0.104 e. The molecule has 2 nitrogen and oxygen atoms in total. The number of quaternary nitrogens is 1. The van der Waals surface area contributed by atoms with Crippen molar-refractivity contribution in [3.63, 3.8) is 0 Å². The van der Waals surface area contributed by atoms with E-state index in [9.17, 15) is 5.11 Å². The van der Waals surface area contributed by atoms with E-state index < -0.39 is 0 Å². The van der Waals surface area contributed by atoms with Crippen LogP contribution in [0.2, 0.25) is 0 Å². The highest BCUT2D eigenvalue weighted by atomic mass is 35.5. The summed E-state index contributed by atoms with van der Waals surface area (Å²) in [5, 5.41) is 11.1. The van der Waals surface area contributed by atoms with Crippen LogP contribution in [0.5, 0.6) is 0 Å². The SMILES string of the molecule is CCC[N+](CCC)(CC[O-])Cc1ccccc1.Cl. The maximum atomic E-state index is 11.1. The molecule has 1 aromatic rings. The Balaban J connectivity index is 0.00000289. The first-order valence-corrected chi connectivity index (χ1v) is 6.73. The summed E-state index contributed by atoms with van der Waals surface area (Å²) in [6.45, 7) is 8.45. The lowest BCUT2D eigenvalue weighted by Gasteiger charge is -2.40. The third-order valence-electron chi connectivity index (χ3n) is 3.32. The smallest absolute Gasteiger partial charge is 0.104 e. The molecule has 0 aliphatic heterocycles. The van der Waals surface area contributed by atoms with Crippen LogP contribution in [-0.4, -0.2) is 30.7 Å². The maximum absolute atomic E-state index is 11.1. The molecule has 0 spiro atoms. The average molecular weight is 272 g/mol. The van der Waals surface area contributed by atoms with Crippen molar-refractivity contribution in [3.05, 3.63) is 35.9 Å². The predicted octanol–water partition coefficient (Wildman–Crippen LogP) is 2.61. The summed E-state index contributed by atoms with van der Waals surface area (Å²) >= 11 is 0. The highest BCUT2D eigenvalue weighted by molar-refractivity contribution is 5.85. The average Bonchev–Trinajstić information content (AvgIpc) is 2.31. The first-order valence-electron chi connectivity index (χ1n) is 6.73. The van der Waals surface area contributed by atoms with Crippen LogP contribution in [0.1, 0.15) is 32.3 Å². The monoisotopic (exact) mass is 271 g/mol. The van der Waals surface area contributed by atoms with Crippen molar-refractivity contribution < 1.29 is 9.59 Å². The van der Waals surface area contributed by atoms with Crippen LogP contribution in [0.25, 0.3) is 0 Å². The van der Waals surface area contributed by atoms with Gasteiger partial charge in [-0.15, -0.1) is 12.4 Å². The third kappa shape index (κ3) is 5.38. The van der Waals surface area contributed by atoms with Crippen molar-refractivity contribution in [1.82, 2.24) is 0 Å². The molecular formula is C15H26ClNO. The van der Waals surface area contributed by atoms with E-state index in [4.69, 9.17) is 0 Å². The van der Waals surface area contributed by atoms with Gasteiger partial charge in [-0.25, -0.2) is 0 Å². The van der Waals surface area contributed by atoms with Crippen molar-refractivity contribution in [1.29, 1.82) is 0 Å². The molecule has 18 heavy (non-hydrogen) atoms. The molecule has 1 rings (SSSR count). The molecule has 0 saturated carbocycles. The fraction of sp³-hybridized carbons (Fsp3) is 0.600.